The molecular weight excluding hydrogens is 1270 g/mol. The summed E-state index contributed by atoms with van der Waals surface area (Å²) < 4.78 is 73.3. The van der Waals surface area contributed by atoms with Crippen molar-refractivity contribution in [3.8, 4) is 11.5 Å². The van der Waals surface area contributed by atoms with Crippen LogP contribution in [0.4, 0.5) is 17.6 Å². The number of carboxylic acids is 1. The van der Waals surface area contributed by atoms with Crippen LogP contribution in [0.5, 0.6) is 11.5 Å². The molecule has 0 unspecified atom stereocenters. The smallest absolute Gasteiger partial charge is 0.374 e. The third-order valence-electron chi connectivity index (χ3n) is 16.2. The van der Waals surface area contributed by atoms with Gasteiger partial charge < -0.3 is 55.0 Å². The van der Waals surface area contributed by atoms with Gasteiger partial charge in [-0.25, -0.2) is 31.9 Å². The molecule has 9 aromatic rings. The molecule has 11 rings (SSSR count). The van der Waals surface area contributed by atoms with Crippen LogP contribution < -0.4 is 14.8 Å². The van der Waals surface area contributed by atoms with Crippen molar-refractivity contribution in [1.82, 2.24) is 10.2 Å². The number of aliphatic carboxylic acids is 1. The fraction of sp³-hybridized carbons (Fsp3) is 0.280. The van der Waals surface area contributed by atoms with E-state index >= 15 is 0 Å². The number of halogens is 4. The second-order valence-corrected chi connectivity index (χ2v) is 23.0. The summed E-state index contributed by atoms with van der Waals surface area (Å²) in [5.74, 6) is -3.62. The van der Waals surface area contributed by atoms with E-state index in [-0.39, 0.29) is 79.3 Å². The highest BCUT2D eigenvalue weighted by molar-refractivity contribution is 6.39. The molecule has 0 aromatic heterocycles. The van der Waals surface area contributed by atoms with Gasteiger partial charge in [0.2, 0.25) is 5.78 Å². The lowest BCUT2D eigenvalue weighted by atomic mass is 9.99. The number of nitrogens with zero attached hydrogens (tertiary/aromatic N) is 4. The number of hydrogen-bond donors (Lipinski definition) is 6. The Labute approximate surface area is 562 Å². The number of likely N-dealkylation sites (tertiary alicyclic amines) is 1. The Bertz CT molecular complexity index is 4390. The van der Waals surface area contributed by atoms with Crippen molar-refractivity contribution in [1.29, 1.82) is 0 Å². The number of nitrogens with one attached hydrogen (secondary N) is 1. The molecule has 2 aliphatic rings. The molecule has 2 atom stereocenters. The van der Waals surface area contributed by atoms with Gasteiger partial charge in [-0.15, -0.1) is 0 Å². The fourth-order valence-corrected chi connectivity index (χ4v) is 11.1. The summed E-state index contributed by atoms with van der Waals surface area (Å²) in [6.45, 7) is 6.95. The molecule has 0 spiro atoms. The number of ketones is 1. The van der Waals surface area contributed by atoms with E-state index in [1.807, 2.05) is 60.7 Å². The van der Waals surface area contributed by atoms with Crippen LogP contribution in [0.15, 0.2) is 179 Å². The Kier molecular flexibility index (Phi) is 27.1. The van der Waals surface area contributed by atoms with Crippen molar-refractivity contribution in [3.05, 3.63) is 215 Å². The van der Waals surface area contributed by atoms with Crippen LogP contribution in [0.2, 0.25) is 0 Å². The molecule has 0 saturated carbocycles. The van der Waals surface area contributed by atoms with Crippen molar-refractivity contribution in [2.75, 3.05) is 46.1 Å². The number of carbonyl (C=O) groups is 5. The molecule has 98 heavy (non-hydrogen) atoms. The molecule has 1 fully saturated rings. The van der Waals surface area contributed by atoms with Crippen LogP contribution >= 0.6 is 0 Å². The van der Waals surface area contributed by atoms with Crippen LogP contribution in [0, 0.1) is 23.3 Å². The lowest BCUT2D eigenvalue weighted by molar-refractivity contribution is -0.153. The highest BCUT2D eigenvalue weighted by Gasteiger charge is 2.30. The van der Waals surface area contributed by atoms with Gasteiger partial charge in [0, 0.05) is 32.2 Å². The van der Waals surface area contributed by atoms with E-state index in [9.17, 15) is 51.8 Å². The SMILES string of the molecule is CCOC(=O)/C(CCc1ccc2cc(F)ccc2c1)=N/O.CCOC(=O)C(=O)CCc1ccc2cc(F)ccc2c1.O=C(N[C@H](CN1CCCC1)[C@H](O)c1ccc2c(c1)OCCO2)/C(CCc1ccc2cc(F)ccc2c1)=N/O.O=C(O)/C(CCc1ccc2cc(F)ccc2c1)=N/O. The van der Waals surface area contributed by atoms with Gasteiger partial charge in [0.1, 0.15) is 48.3 Å². The Morgan fingerprint density at radius 3 is 1.28 bits per heavy atom. The van der Waals surface area contributed by atoms with Crippen LogP contribution in [-0.4, -0.2) is 130 Å². The van der Waals surface area contributed by atoms with Gasteiger partial charge in [-0.3, -0.25) is 9.59 Å². The number of Topliss-reactive ketones (excluding diaryl/α,β-unsaturated/α-hetero) is 1. The Balaban J connectivity index is 0.000000176. The summed E-state index contributed by atoms with van der Waals surface area (Å²) in [6, 6.07) is 45.1. The molecule has 19 nitrogen and oxygen atoms in total. The van der Waals surface area contributed by atoms with Crippen molar-refractivity contribution in [2.45, 2.75) is 90.2 Å². The fourth-order valence-electron chi connectivity index (χ4n) is 11.1. The maximum Gasteiger partial charge on any atom is 0.374 e. The number of carboxylic acid groups (broad SMARTS) is 1. The molecule has 2 aliphatic heterocycles. The molecule has 0 radical (unpaired) electrons. The highest BCUT2D eigenvalue weighted by atomic mass is 19.1. The standard InChI is InChI=1S/C29H32FN3O5.C16H16FNO3.C16H15FO3.C14H12FNO3/c30-23-8-6-20-15-19(3-5-21(20)16-23)4-9-24(32-36)29(35)31-25(18-33-11-1-2-12-33)28(34)22-7-10-26-27(17-22)38-14-13-37-26;1-2-21-16(19)15(18-20)8-4-11-3-5-13-10-14(17)7-6-12(13)9-11;1-2-20-16(19)15(18)8-4-11-3-5-13-10-14(17)7-6-12(13)9-11;15-12-5-4-10-7-9(1-3-11(10)8-12)2-6-13(16-19)14(17)18/h3,5-8,10,15-17,25,28,34,36H,1-2,4,9,11-14,18H2,(H,31,35);3,5-7,9-10,20H,2,4,8H2,1H3;3,5-7,9-10H,2,4,8H2,1H3;1,3-5,7-8,19H,2,6H2,(H,17,18)/b32-24+;18-15+;;16-13+/t25-,28-;;;/m1.../s1. The molecule has 1 saturated heterocycles. The first-order chi connectivity index (χ1) is 47.3. The average Bonchev–Trinajstić information content (AvgIpc) is 0.950. The lowest BCUT2D eigenvalue weighted by Gasteiger charge is -2.29. The van der Waals surface area contributed by atoms with Crippen LogP contribution in [0.3, 0.4) is 0 Å². The summed E-state index contributed by atoms with van der Waals surface area (Å²) in [5.41, 5.74) is 4.04. The summed E-state index contributed by atoms with van der Waals surface area (Å²) in [5, 5.41) is 65.8. The number of aliphatic hydroxyl groups excluding tert-OH is 1. The number of aryl methyl sites for hydroxylation is 4. The Hall–Kier alpha value is -10.8. The van der Waals surface area contributed by atoms with Crippen molar-refractivity contribution in [2.24, 2.45) is 15.5 Å². The number of fused-ring (bicyclic) bond motifs is 5. The number of oxime groups is 3. The Morgan fingerprint density at radius 1 is 0.480 bits per heavy atom. The Morgan fingerprint density at radius 2 is 0.857 bits per heavy atom. The molecule has 0 bridgehead atoms. The first-order valence-corrected chi connectivity index (χ1v) is 31.9. The van der Waals surface area contributed by atoms with Gasteiger partial charge in [0.05, 0.1) is 19.3 Å². The largest absolute Gasteiger partial charge is 0.486 e. The lowest BCUT2D eigenvalue weighted by Crippen LogP contribution is -2.48. The van der Waals surface area contributed by atoms with Crippen molar-refractivity contribution >= 4 is 89.8 Å². The zero-order valence-electron chi connectivity index (χ0n) is 54.0. The van der Waals surface area contributed by atoms with Crippen molar-refractivity contribution < 1.29 is 86.3 Å². The van der Waals surface area contributed by atoms with Crippen LogP contribution in [0.25, 0.3) is 43.1 Å². The van der Waals surface area contributed by atoms with Gasteiger partial charge in [0.25, 0.3) is 5.91 Å². The molecule has 2 heterocycles. The zero-order chi connectivity index (χ0) is 70.1. The van der Waals surface area contributed by atoms with E-state index in [1.54, 1.807) is 68.4 Å². The zero-order valence-corrected chi connectivity index (χ0v) is 54.0. The quantitative estimate of drug-likeness (QED) is 0.00867. The molecule has 512 valence electrons. The first kappa shape index (κ1) is 73.0. The third-order valence-corrected chi connectivity index (χ3v) is 16.2. The monoisotopic (exact) mass is 1350 g/mol. The summed E-state index contributed by atoms with van der Waals surface area (Å²) in [6.07, 6.45) is 3.77. The maximum absolute atomic E-state index is 13.5. The summed E-state index contributed by atoms with van der Waals surface area (Å²) >= 11 is 0. The normalized spacial score (nSPS) is 13.6. The highest BCUT2D eigenvalue weighted by Crippen LogP contribution is 2.34. The number of rotatable bonds is 23. The van der Waals surface area contributed by atoms with E-state index < -0.39 is 41.7 Å². The first-order valence-electron chi connectivity index (χ1n) is 31.9. The number of benzene rings is 9. The number of aliphatic hydroxyl groups is 1. The van der Waals surface area contributed by atoms with E-state index in [4.69, 9.17) is 29.7 Å². The predicted molar refractivity (Wildman–Crippen MR) is 362 cm³/mol. The second-order valence-electron chi connectivity index (χ2n) is 23.0. The number of carbonyl (C=O) groups excluding carboxylic acids is 4. The molecule has 23 heteroatoms. The van der Waals surface area contributed by atoms with E-state index in [0.29, 0.717) is 62.5 Å². The van der Waals surface area contributed by atoms with Gasteiger partial charge in [-0.2, -0.15) is 0 Å². The molecule has 6 N–H and O–H groups in total. The topological polar surface area (TPSA) is 276 Å². The summed E-state index contributed by atoms with van der Waals surface area (Å²) in [4.78, 5) is 60.2. The molecule has 9 aromatic carbocycles. The van der Waals surface area contributed by atoms with Gasteiger partial charge in [0.15, 0.2) is 22.9 Å². The van der Waals surface area contributed by atoms with Gasteiger partial charge >= 0.3 is 17.9 Å². The summed E-state index contributed by atoms with van der Waals surface area (Å²) in [7, 11) is 0. The predicted octanol–water partition coefficient (Wildman–Crippen LogP) is 13.0. The maximum atomic E-state index is 13.5. The van der Waals surface area contributed by atoms with Crippen LogP contribution in [-0.2, 0) is 59.1 Å². The average molecular weight is 1350 g/mol. The van der Waals surface area contributed by atoms with Crippen molar-refractivity contribution in [3.63, 3.8) is 0 Å². The van der Waals surface area contributed by atoms with Gasteiger partial charge in [-0.1, -0.05) is 119 Å². The van der Waals surface area contributed by atoms with Crippen LogP contribution in [0.1, 0.15) is 86.3 Å². The molecular formula is C75H75F4N5O14. The number of ether oxygens (including phenoxy) is 4. The minimum atomic E-state index is -1.23. The number of amides is 1. The van der Waals surface area contributed by atoms with E-state index in [1.165, 1.54) is 48.5 Å². The van der Waals surface area contributed by atoms with E-state index in [2.05, 4.69) is 30.4 Å². The molecule has 0 aliphatic carbocycles. The number of hydrogen-bond acceptors (Lipinski definition) is 17. The second kappa shape index (κ2) is 36.4. The minimum absolute atomic E-state index is 0.00365. The molecule has 1 amide bonds. The van der Waals surface area contributed by atoms with Gasteiger partial charge in [-0.05, 0) is 197 Å². The minimum Gasteiger partial charge on any atom is -0.486 e. The number of esters is 2. The van der Waals surface area contributed by atoms with E-state index in [0.717, 1.165) is 91.3 Å². The third kappa shape index (κ3) is 21.4.